The van der Waals surface area contributed by atoms with Gasteiger partial charge in [-0.3, -0.25) is 4.79 Å². The number of anilines is 1. The number of ether oxygens (including phenoxy) is 2. The van der Waals surface area contributed by atoms with Gasteiger partial charge >= 0.3 is 0 Å². The molecule has 0 bridgehead atoms. The van der Waals surface area contributed by atoms with Gasteiger partial charge in [-0.2, -0.15) is 0 Å². The molecule has 0 aliphatic carbocycles. The molecule has 0 saturated carbocycles. The van der Waals surface area contributed by atoms with Crippen molar-refractivity contribution in [3.05, 3.63) is 54.2 Å². The van der Waals surface area contributed by atoms with E-state index in [2.05, 4.69) is 10.3 Å². The Kier molecular flexibility index (Phi) is 4.93. The van der Waals surface area contributed by atoms with E-state index in [4.69, 9.17) is 9.47 Å². The first-order valence-electron chi connectivity index (χ1n) is 6.34. The summed E-state index contributed by atoms with van der Waals surface area (Å²) >= 11 is 0. The van der Waals surface area contributed by atoms with Gasteiger partial charge in [0.2, 0.25) is 11.8 Å². The van der Waals surface area contributed by atoms with Crippen LogP contribution in [-0.4, -0.2) is 25.1 Å². The summed E-state index contributed by atoms with van der Waals surface area (Å²) in [6, 6.07) is 10.8. The molecular formula is C16H16N2O3. The zero-order chi connectivity index (χ0) is 15.1. The smallest absolute Gasteiger partial charge is 0.248 e. The Bertz CT molecular complexity index is 619. The highest BCUT2D eigenvalue weighted by atomic mass is 16.5. The van der Waals surface area contributed by atoms with Crippen LogP contribution in [0.25, 0.3) is 6.08 Å². The Morgan fingerprint density at radius 2 is 1.86 bits per heavy atom. The Hall–Kier alpha value is -2.82. The van der Waals surface area contributed by atoms with Crippen molar-refractivity contribution in [3.8, 4) is 11.6 Å². The van der Waals surface area contributed by atoms with Crippen LogP contribution in [0.2, 0.25) is 0 Å². The SMILES string of the molecule is COc1ccc(/C=C/C(=O)Nc2ccc(OC)nc2)cc1. The van der Waals surface area contributed by atoms with Gasteiger partial charge in [0.05, 0.1) is 26.1 Å². The number of methoxy groups -OCH3 is 2. The summed E-state index contributed by atoms with van der Waals surface area (Å²) in [5, 5.41) is 2.72. The predicted molar refractivity (Wildman–Crippen MR) is 81.4 cm³/mol. The standard InChI is InChI=1S/C16H16N2O3/c1-20-14-7-3-12(4-8-14)5-9-15(19)18-13-6-10-16(21-2)17-11-13/h3-11H,1-2H3,(H,18,19)/b9-5+. The lowest BCUT2D eigenvalue weighted by Crippen LogP contribution is -2.07. The zero-order valence-electron chi connectivity index (χ0n) is 11.9. The van der Waals surface area contributed by atoms with E-state index in [-0.39, 0.29) is 5.91 Å². The van der Waals surface area contributed by atoms with Crippen molar-refractivity contribution in [2.45, 2.75) is 0 Å². The van der Waals surface area contributed by atoms with E-state index < -0.39 is 0 Å². The number of carbonyl (C=O) groups excluding carboxylic acids is 1. The van der Waals surface area contributed by atoms with Gasteiger partial charge in [-0.1, -0.05) is 12.1 Å². The first kappa shape index (κ1) is 14.6. The summed E-state index contributed by atoms with van der Waals surface area (Å²) in [7, 11) is 3.15. The second-order valence-corrected chi connectivity index (χ2v) is 4.18. The van der Waals surface area contributed by atoms with E-state index in [1.54, 1.807) is 25.3 Å². The monoisotopic (exact) mass is 284 g/mol. The highest BCUT2D eigenvalue weighted by Crippen LogP contribution is 2.13. The van der Waals surface area contributed by atoms with Gasteiger partial charge in [0.15, 0.2) is 0 Å². The quantitative estimate of drug-likeness (QED) is 0.858. The molecule has 2 rings (SSSR count). The van der Waals surface area contributed by atoms with Crippen molar-refractivity contribution >= 4 is 17.7 Å². The van der Waals surface area contributed by atoms with Crippen molar-refractivity contribution in [1.82, 2.24) is 4.98 Å². The molecule has 1 N–H and O–H groups in total. The highest BCUT2D eigenvalue weighted by Gasteiger charge is 1.99. The highest BCUT2D eigenvalue weighted by molar-refractivity contribution is 6.01. The van der Waals surface area contributed by atoms with Crippen LogP contribution in [0.15, 0.2) is 48.7 Å². The van der Waals surface area contributed by atoms with Crippen molar-refractivity contribution in [2.24, 2.45) is 0 Å². The van der Waals surface area contributed by atoms with E-state index in [1.807, 2.05) is 24.3 Å². The number of aromatic nitrogens is 1. The summed E-state index contributed by atoms with van der Waals surface area (Å²) < 4.78 is 10.0. The third-order valence-corrected chi connectivity index (χ3v) is 2.76. The number of nitrogens with one attached hydrogen (secondary N) is 1. The van der Waals surface area contributed by atoms with Crippen molar-refractivity contribution < 1.29 is 14.3 Å². The summed E-state index contributed by atoms with van der Waals surface area (Å²) in [4.78, 5) is 15.8. The van der Waals surface area contributed by atoms with Gasteiger partial charge in [-0.15, -0.1) is 0 Å². The molecule has 1 aromatic heterocycles. The fourth-order valence-electron chi connectivity index (χ4n) is 1.65. The summed E-state index contributed by atoms with van der Waals surface area (Å²) in [6.07, 6.45) is 4.73. The average molecular weight is 284 g/mol. The van der Waals surface area contributed by atoms with Crippen molar-refractivity contribution in [1.29, 1.82) is 0 Å². The number of hydrogen-bond acceptors (Lipinski definition) is 4. The van der Waals surface area contributed by atoms with Gasteiger partial charge in [-0.25, -0.2) is 4.98 Å². The molecule has 0 spiro atoms. The van der Waals surface area contributed by atoms with Crippen LogP contribution in [0.1, 0.15) is 5.56 Å². The average Bonchev–Trinajstić information content (AvgIpc) is 2.54. The number of rotatable bonds is 5. The van der Waals surface area contributed by atoms with Crippen LogP contribution >= 0.6 is 0 Å². The van der Waals surface area contributed by atoms with Crippen LogP contribution in [0.3, 0.4) is 0 Å². The summed E-state index contributed by atoms with van der Waals surface area (Å²) in [5.41, 5.74) is 1.53. The first-order chi connectivity index (χ1) is 10.2. The van der Waals surface area contributed by atoms with E-state index in [1.165, 1.54) is 19.4 Å². The minimum Gasteiger partial charge on any atom is -0.497 e. The van der Waals surface area contributed by atoms with Crippen molar-refractivity contribution in [3.63, 3.8) is 0 Å². The van der Waals surface area contributed by atoms with Crippen molar-refractivity contribution in [2.75, 3.05) is 19.5 Å². The third kappa shape index (κ3) is 4.35. The molecule has 0 fully saturated rings. The molecule has 1 amide bonds. The number of pyridine rings is 1. The number of amides is 1. The second-order valence-electron chi connectivity index (χ2n) is 4.18. The predicted octanol–water partition coefficient (Wildman–Crippen LogP) is 2.75. The molecule has 2 aromatic rings. The van der Waals surface area contributed by atoms with E-state index >= 15 is 0 Å². The molecule has 1 aromatic carbocycles. The van der Waals surface area contributed by atoms with E-state index in [0.717, 1.165) is 11.3 Å². The van der Waals surface area contributed by atoms with Crippen LogP contribution < -0.4 is 14.8 Å². The first-order valence-corrected chi connectivity index (χ1v) is 6.34. The minimum atomic E-state index is -0.224. The molecule has 0 aliphatic rings. The molecule has 21 heavy (non-hydrogen) atoms. The van der Waals surface area contributed by atoms with Crippen LogP contribution in [0.4, 0.5) is 5.69 Å². The second kappa shape index (κ2) is 7.09. The lowest BCUT2D eigenvalue weighted by Gasteiger charge is -2.03. The lowest BCUT2D eigenvalue weighted by molar-refractivity contribution is -0.111. The minimum absolute atomic E-state index is 0.224. The van der Waals surface area contributed by atoms with Gasteiger partial charge in [0.1, 0.15) is 5.75 Å². The molecule has 0 atom stereocenters. The Labute approximate surface area is 123 Å². The fraction of sp³-hybridized carbons (Fsp3) is 0.125. The molecule has 5 heteroatoms. The molecule has 0 radical (unpaired) electrons. The number of benzene rings is 1. The van der Waals surface area contributed by atoms with Gasteiger partial charge in [0, 0.05) is 12.1 Å². The zero-order valence-corrected chi connectivity index (χ0v) is 11.9. The lowest BCUT2D eigenvalue weighted by atomic mass is 10.2. The van der Waals surface area contributed by atoms with E-state index in [0.29, 0.717) is 11.6 Å². The maximum Gasteiger partial charge on any atom is 0.248 e. The summed E-state index contributed by atoms with van der Waals surface area (Å²) in [5.74, 6) is 1.06. The van der Waals surface area contributed by atoms with Crippen LogP contribution in [0.5, 0.6) is 11.6 Å². The topological polar surface area (TPSA) is 60.5 Å². The Balaban J connectivity index is 1.94. The number of carbonyl (C=O) groups is 1. The van der Waals surface area contributed by atoms with Crippen LogP contribution in [-0.2, 0) is 4.79 Å². The maximum absolute atomic E-state index is 11.8. The van der Waals surface area contributed by atoms with Gasteiger partial charge in [0.25, 0.3) is 0 Å². The third-order valence-electron chi connectivity index (χ3n) is 2.76. The summed E-state index contributed by atoms with van der Waals surface area (Å²) in [6.45, 7) is 0. The van der Waals surface area contributed by atoms with Crippen LogP contribution in [0, 0.1) is 0 Å². The van der Waals surface area contributed by atoms with Gasteiger partial charge in [-0.05, 0) is 29.8 Å². The fourth-order valence-corrected chi connectivity index (χ4v) is 1.65. The molecule has 0 aliphatic heterocycles. The molecule has 108 valence electrons. The van der Waals surface area contributed by atoms with Gasteiger partial charge < -0.3 is 14.8 Å². The Morgan fingerprint density at radius 3 is 2.43 bits per heavy atom. The molecular weight excluding hydrogens is 268 g/mol. The maximum atomic E-state index is 11.8. The molecule has 0 saturated heterocycles. The molecule has 1 heterocycles. The van der Waals surface area contributed by atoms with E-state index in [9.17, 15) is 4.79 Å². The number of nitrogens with zero attached hydrogens (tertiary/aromatic N) is 1. The largest absolute Gasteiger partial charge is 0.497 e. The number of hydrogen-bond donors (Lipinski definition) is 1. The Morgan fingerprint density at radius 1 is 1.10 bits per heavy atom. The molecule has 5 nitrogen and oxygen atoms in total. The normalized spacial score (nSPS) is 10.4. The molecule has 0 unspecified atom stereocenters.